The lowest BCUT2D eigenvalue weighted by Gasteiger charge is -2.23. The fourth-order valence-corrected chi connectivity index (χ4v) is 1.85. The molecule has 72 valence electrons. The van der Waals surface area contributed by atoms with Gasteiger partial charge in [-0.05, 0) is 39.2 Å². The molecule has 1 atom stereocenters. The smallest absolute Gasteiger partial charge is 0.150 e. The molecule has 0 aromatic carbocycles. The summed E-state index contributed by atoms with van der Waals surface area (Å²) in [7, 11) is 0. The molecule has 0 unspecified atom stereocenters. The predicted octanol–water partition coefficient (Wildman–Crippen LogP) is 2.20. The normalized spacial score (nSPS) is 23.4. The number of ether oxygens (including phenoxy) is 1. The molecule has 3 nitrogen and oxygen atoms in total. The maximum absolute atomic E-state index is 5.66. The van der Waals surface area contributed by atoms with Crippen molar-refractivity contribution in [2.24, 2.45) is 0 Å². The fraction of sp³-hybridized carbons (Fsp3) is 0.700. The summed E-state index contributed by atoms with van der Waals surface area (Å²) in [6.07, 6.45) is 3.73. The van der Waals surface area contributed by atoms with E-state index in [0.29, 0.717) is 0 Å². The van der Waals surface area contributed by atoms with Crippen molar-refractivity contribution in [3.05, 3.63) is 17.5 Å². The highest BCUT2D eigenvalue weighted by atomic mass is 16.5. The highest BCUT2D eigenvalue weighted by Gasteiger charge is 2.17. The van der Waals surface area contributed by atoms with Gasteiger partial charge in [-0.2, -0.15) is 5.10 Å². The Morgan fingerprint density at radius 3 is 2.85 bits per heavy atom. The lowest BCUT2D eigenvalue weighted by Crippen LogP contribution is -2.20. The van der Waals surface area contributed by atoms with Crippen LogP contribution in [-0.2, 0) is 4.74 Å². The summed E-state index contributed by atoms with van der Waals surface area (Å²) in [6.45, 7) is 4.98. The van der Waals surface area contributed by atoms with E-state index in [1.165, 1.54) is 18.5 Å². The molecule has 0 aliphatic carbocycles. The van der Waals surface area contributed by atoms with Gasteiger partial charge in [0.15, 0.2) is 0 Å². The van der Waals surface area contributed by atoms with E-state index in [9.17, 15) is 0 Å². The summed E-state index contributed by atoms with van der Waals surface area (Å²) in [4.78, 5) is 0. The molecule has 1 aromatic rings. The Morgan fingerprint density at radius 1 is 1.46 bits per heavy atom. The number of hydrogen-bond donors (Lipinski definition) is 0. The van der Waals surface area contributed by atoms with E-state index in [1.807, 2.05) is 11.6 Å². The second-order valence-corrected chi connectivity index (χ2v) is 3.69. The average molecular weight is 180 g/mol. The molecule has 1 aliphatic heterocycles. The Labute approximate surface area is 78.7 Å². The van der Waals surface area contributed by atoms with Crippen LogP contribution in [-0.4, -0.2) is 16.4 Å². The van der Waals surface area contributed by atoms with E-state index in [4.69, 9.17) is 4.74 Å². The second kappa shape index (κ2) is 3.50. The molecule has 1 fully saturated rings. The summed E-state index contributed by atoms with van der Waals surface area (Å²) < 4.78 is 7.67. The fourth-order valence-electron chi connectivity index (χ4n) is 1.85. The van der Waals surface area contributed by atoms with E-state index in [2.05, 4.69) is 18.1 Å². The first-order valence-electron chi connectivity index (χ1n) is 4.92. The van der Waals surface area contributed by atoms with Gasteiger partial charge < -0.3 is 4.74 Å². The Balaban J connectivity index is 2.18. The summed E-state index contributed by atoms with van der Waals surface area (Å²) in [6, 6.07) is 2.10. The van der Waals surface area contributed by atoms with Crippen LogP contribution in [0, 0.1) is 13.8 Å². The SMILES string of the molecule is Cc1cc(C)n([C@H]2CCCCO2)n1. The van der Waals surface area contributed by atoms with Crippen molar-refractivity contribution in [1.29, 1.82) is 0 Å². The molecule has 0 amide bonds. The van der Waals surface area contributed by atoms with E-state index < -0.39 is 0 Å². The predicted molar refractivity (Wildman–Crippen MR) is 50.5 cm³/mol. The number of nitrogens with zero attached hydrogens (tertiary/aromatic N) is 2. The minimum Gasteiger partial charge on any atom is -0.357 e. The van der Waals surface area contributed by atoms with Crippen LogP contribution in [0.1, 0.15) is 36.9 Å². The third-order valence-corrected chi connectivity index (χ3v) is 2.47. The van der Waals surface area contributed by atoms with Gasteiger partial charge in [-0.1, -0.05) is 0 Å². The van der Waals surface area contributed by atoms with Crippen molar-refractivity contribution in [2.75, 3.05) is 6.61 Å². The second-order valence-electron chi connectivity index (χ2n) is 3.69. The summed E-state index contributed by atoms with van der Waals surface area (Å²) in [5.41, 5.74) is 2.27. The van der Waals surface area contributed by atoms with Crippen molar-refractivity contribution in [3.63, 3.8) is 0 Å². The molecule has 0 N–H and O–H groups in total. The number of aromatic nitrogens is 2. The minimum atomic E-state index is 0.183. The zero-order valence-electron chi connectivity index (χ0n) is 8.29. The van der Waals surface area contributed by atoms with Crippen molar-refractivity contribution in [3.8, 4) is 0 Å². The van der Waals surface area contributed by atoms with Crippen molar-refractivity contribution < 1.29 is 4.74 Å². The lowest BCUT2D eigenvalue weighted by atomic mass is 10.2. The van der Waals surface area contributed by atoms with Gasteiger partial charge in [0.2, 0.25) is 0 Å². The van der Waals surface area contributed by atoms with Crippen LogP contribution < -0.4 is 0 Å². The molecule has 1 aliphatic rings. The first-order chi connectivity index (χ1) is 6.27. The number of hydrogen-bond acceptors (Lipinski definition) is 2. The van der Waals surface area contributed by atoms with Crippen LogP contribution in [0.3, 0.4) is 0 Å². The van der Waals surface area contributed by atoms with E-state index in [0.717, 1.165) is 18.7 Å². The third kappa shape index (κ3) is 1.75. The largest absolute Gasteiger partial charge is 0.357 e. The topological polar surface area (TPSA) is 27.1 Å². The van der Waals surface area contributed by atoms with Crippen LogP contribution in [0.25, 0.3) is 0 Å². The molecule has 0 radical (unpaired) electrons. The van der Waals surface area contributed by atoms with Crippen LogP contribution in [0.5, 0.6) is 0 Å². The van der Waals surface area contributed by atoms with Crippen LogP contribution in [0.2, 0.25) is 0 Å². The zero-order chi connectivity index (χ0) is 9.26. The molecule has 2 rings (SSSR count). The summed E-state index contributed by atoms with van der Waals surface area (Å²) >= 11 is 0. The molecule has 13 heavy (non-hydrogen) atoms. The van der Waals surface area contributed by atoms with Crippen molar-refractivity contribution in [1.82, 2.24) is 9.78 Å². The molecule has 2 heterocycles. The van der Waals surface area contributed by atoms with E-state index in [1.54, 1.807) is 0 Å². The van der Waals surface area contributed by atoms with Crippen molar-refractivity contribution >= 4 is 0 Å². The van der Waals surface area contributed by atoms with Crippen LogP contribution in [0.15, 0.2) is 6.07 Å². The van der Waals surface area contributed by atoms with E-state index in [-0.39, 0.29) is 6.23 Å². The standard InChI is InChI=1S/C10H16N2O/c1-8-7-9(2)12(11-8)10-5-3-4-6-13-10/h7,10H,3-6H2,1-2H3/t10-/m1/s1. The molecular weight excluding hydrogens is 164 g/mol. The van der Waals surface area contributed by atoms with Gasteiger partial charge in [-0.3, -0.25) is 0 Å². The molecule has 1 saturated heterocycles. The lowest BCUT2D eigenvalue weighted by molar-refractivity contribution is -0.0407. The highest BCUT2D eigenvalue weighted by Crippen LogP contribution is 2.23. The highest BCUT2D eigenvalue weighted by molar-refractivity contribution is 5.07. The van der Waals surface area contributed by atoms with Crippen LogP contribution in [0.4, 0.5) is 0 Å². The maximum Gasteiger partial charge on any atom is 0.150 e. The number of aryl methyl sites for hydroxylation is 2. The third-order valence-electron chi connectivity index (χ3n) is 2.47. The molecule has 0 bridgehead atoms. The molecule has 1 aromatic heterocycles. The number of rotatable bonds is 1. The van der Waals surface area contributed by atoms with Gasteiger partial charge in [-0.25, -0.2) is 4.68 Å². The monoisotopic (exact) mass is 180 g/mol. The Kier molecular flexibility index (Phi) is 2.36. The maximum atomic E-state index is 5.66. The van der Waals surface area contributed by atoms with Gasteiger partial charge in [0.1, 0.15) is 6.23 Å². The van der Waals surface area contributed by atoms with Crippen molar-refractivity contribution in [2.45, 2.75) is 39.3 Å². The molecule has 0 spiro atoms. The Bertz CT molecular complexity index is 287. The first kappa shape index (κ1) is 8.75. The van der Waals surface area contributed by atoms with Gasteiger partial charge in [0.05, 0.1) is 5.69 Å². The Morgan fingerprint density at radius 2 is 2.31 bits per heavy atom. The van der Waals surface area contributed by atoms with Crippen LogP contribution >= 0.6 is 0 Å². The van der Waals surface area contributed by atoms with Gasteiger partial charge in [0, 0.05) is 12.3 Å². The molecule has 3 heteroatoms. The Hall–Kier alpha value is -0.830. The average Bonchev–Trinajstić information content (AvgIpc) is 2.47. The van der Waals surface area contributed by atoms with Gasteiger partial charge in [0.25, 0.3) is 0 Å². The summed E-state index contributed by atoms with van der Waals surface area (Å²) in [5, 5.41) is 4.43. The molecular formula is C10H16N2O. The summed E-state index contributed by atoms with van der Waals surface area (Å²) in [5.74, 6) is 0. The molecule has 0 saturated carbocycles. The first-order valence-corrected chi connectivity index (χ1v) is 4.92. The zero-order valence-corrected chi connectivity index (χ0v) is 8.29. The van der Waals surface area contributed by atoms with E-state index >= 15 is 0 Å². The quantitative estimate of drug-likeness (QED) is 0.662. The van der Waals surface area contributed by atoms with Gasteiger partial charge in [-0.15, -0.1) is 0 Å². The van der Waals surface area contributed by atoms with Gasteiger partial charge >= 0.3 is 0 Å². The minimum absolute atomic E-state index is 0.183.